The van der Waals surface area contributed by atoms with Gasteiger partial charge >= 0.3 is 4.87 Å². The molecule has 3 N–H and O–H groups in total. The Bertz CT molecular complexity index is 2030. The second-order valence-electron chi connectivity index (χ2n) is 12.5. The number of nitrogens with one attached hydrogen (secondary N) is 1. The lowest BCUT2D eigenvalue weighted by molar-refractivity contribution is -0.122. The Morgan fingerprint density at radius 3 is 2.13 bits per heavy atom. The molecule has 1 aromatic heterocycles. The molecular formula is C33H32N4O6S3. The summed E-state index contributed by atoms with van der Waals surface area (Å²) in [6, 6.07) is 20.5. The average molecular weight is 677 g/mol. The first-order valence-electron chi connectivity index (χ1n) is 14.5. The number of benzene rings is 3. The van der Waals surface area contributed by atoms with Gasteiger partial charge in [0.15, 0.2) is 0 Å². The van der Waals surface area contributed by atoms with Crippen molar-refractivity contribution in [1.82, 2.24) is 4.57 Å². The lowest BCUT2D eigenvalue weighted by Crippen LogP contribution is -2.33. The minimum atomic E-state index is -3.90. The largest absolute Gasteiger partial charge is 0.325 e. The minimum Gasteiger partial charge on any atom is -0.325 e. The van der Waals surface area contributed by atoms with E-state index in [4.69, 9.17) is 5.14 Å². The second-order valence-corrected chi connectivity index (χ2v) is 16.2. The Morgan fingerprint density at radius 1 is 0.913 bits per heavy atom. The van der Waals surface area contributed by atoms with Crippen LogP contribution < -0.4 is 20.2 Å². The maximum absolute atomic E-state index is 14.1. The molecule has 3 aromatic carbocycles. The van der Waals surface area contributed by atoms with E-state index in [-0.39, 0.29) is 33.5 Å². The molecule has 46 heavy (non-hydrogen) atoms. The van der Waals surface area contributed by atoms with E-state index in [1.165, 1.54) is 33.7 Å². The van der Waals surface area contributed by atoms with Crippen LogP contribution in [-0.2, 0) is 36.4 Å². The summed E-state index contributed by atoms with van der Waals surface area (Å²) in [5.74, 6) is -2.53. The highest BCUT2D eigenvalue weighted by Crippen LogP contribution is 2.54. The minimum absolute atomic E-state index is 0.100. The first kappa shape index (κ1) is 31.9. The number of primary sulfonamides is 1. The second kappa shape index (κ2) is 11.6. The first-order valence-corrected chi connectivity index (χ1v) is 17.8. The number of amides is 3. The number of sulfonamides is 1. The Kier molecular flexibility index (Phi) is 8.08. The van der Waals surface area contributed by atoms with Gasteiger partial charge in [-0.25, -0.2) is 18.5 Å². The summed E-state index contributed by atoms with van der Waals surface area (Å²) in [6.07, 6.45) is 0. The third kappa shape index (κ3) is 5.83. The number of thioether (sulfide) groups is 1. The number of carbonyl (C=O) groups excluding carboxylic acids is 3. The molecule has 10 nitrogen and oxygen atoms in total. The van der Waals surface area contributed by atoms with Crippen molar-refractivity contribution < 1.29 is 22.8 Å². The zero-order valence-corrected chi connectivity index (χ0v) is 28.0. The third-order valence-electron chi connectivity index (χ3n) is 8.25. The zero-order valence-electron chi connectivity index (χ0n) is 25.5. The molecule has 0 radical (unpaired) electrons. The molecule has 1 saturated heterocycles. The van der Waals surface area contributed by atoms with Gasteiger partial charge < -0.3 is 5.32 Å². The molecule has 3 atom stereocenters. The highest BCUT2D eigenvalue weighted by molar-refractivity contribution is 8.00. The zero-order chi connectivity index (χ0) is 33.1. The molecule has 4 aromatic rings. The number of rotatable bonds is 6. The summed E-state index contributed by atoms with van der Waals surface area (Å²) in [4.78, 5) is 56.1. The summed E-state index contributed by atoms with van der Waals surface area (Å²) < 4.78 is 24.5. The number of nitrogens with zero attached hydrogens (tertiary/aromatic N) is 2. The van der Waals surface area contributed by atoms with E-state index in [1.807, 2.05) is 43.3 Å². The van der Waals surface area contributed by atoms with Gasteiger partial charge in [0, 0.05) is 16.5 Å². The topological polar surface area (TPSA) is 149 Å². The fourth-order valence-corrected chi connectivity index (χ4v) is 9.11. The van der Waals surface area contributed by atoms with Crippen molar-refractivity contribution >= 4 is 62.2 Å². The summed E-state index contributed by atoms with van der Waals surface area (Å²) in [5.41, 5.74) is 3.62. The molecule has 3 amide bonds. The van der Waals surface area contributed by atoms with Crippen molar-refractivity contribution in [1.29, 1.82) is 0 Å². The Hall–Kier alpha value is -4.04. The van der Waals surface area contributed by atoms with Gasteiger partial charge in [0.1, 0.15) is 11.8 Å². The Balaban J connectivity index is 1.38. The van der Waals surface area contributed by atoms with Gasteiger partial charge in [-0.05, 0) is 59.9 Å². The van der Waals surface area contributed by atoms with Crippen molar-refractivity contribution in [3.05, 3.63) is 104 Å². The van der Waals surface area contributed by atoms with Gasteiger partial charge in [0.05, 0.1) is 21.5 Å². The molecular weight excluding hydrogens is 645 g/mol. The predicted octanol–water partition coefficient (Wildman–Crippen LogP) is 4.60. The molecule has 238 valence electrons. The predicted molar refractivity (Wildman–Crippen MR) is 179 cm³/mol. The summed E-state index contributed by atoms with van der Waals surface area (Å²) in [6.45, 7) is 7.91. The fraction of sp³-hybridized carbons (Fsp3) is 0.273. The van der Waals surface area contributed by atoms with E-state index in [0.29, 0.717) is 21.3 Å². The van der Waals surface area contributed by atoms with Crippen LogP contribution in [0.25, 0.3) is 0 Å². The van der Waals surface area contributed by atoms with Crippen LogP contribution in [0.3, 0.4) is 0 Å². The van der Waals surface area contributed by atoms with Crippen molar-refractivity contribution in [2.45, 2.75) is 60.7 Å². The first-order chi connectivity index (χ1) is 21.6. The van der Waals surface area contributed by atoms with Gasteiger partial charge in [-0.15, -0.1) is 0 Å². The van der Waals surface area contributed by atoms with Gasteiger partial charge in [-0.1, -0.05) is 85.8 Å². The van der Waals surface area contributed by atoms with Gasteiger partial charge in [0.2, 0.25) is 27.7 Å². The normalized spacial score (nSPS) is 19.6. The highest BCUT2D eigenvalue weighted by atomic mass is 32.2. The number of nitrogens with two attached hydrogens (primary N) is 1. The quantitative estimate of drug-likeness (QED) is 0.284. The smallest absolute Gasteiger partial charge is 0.308 e. The molecule has 0 bridgehead atoms. The average Bonchev–Trinajstić information content (AvgIpc) is 3.43. The van der Waals surface area contributed by atoms with Gasteiger partial charge in [-0.2, -0.15) is 0 Å². The molecule has 13 heteroatoms. The number of aromatic nitrogens is 1. The van der Waals surface area contributed by atoms with E-state index >= 15 is 0 Å². The van der Waals surface area contributed by atoms with E-state index < -0.39 is 33.0 Å². The number of anilines is 2. The number of hydrogen-bond donors (Lipinski definition) is 2. The number of thiazole rings is 1. The molecule has 6 rings (SSSR count). The van der Waals surface area contributed by atoms with Crippen LogP contribution in [0.1, 0.15) is 48.3 Å². The highest BCUT2D eigenvalue weighted by Gasteiger charge is 2.56. The number of aryl methyl sites for hydroxylation is 1. The van der Waals surface area contributed by atoms with Crippen molar-refractivity contribution in [3.63, 3.8) is 0 Å². The van der Waals surface area contributed by atoms with E-state index in [9.17, 15) is 27.6 Å². The molecule has 1 fully saturated rings. The van der Waals surface area contributed by atoms with E-state index in [0.717, 1.165) is 39.8 Å². The van der Waals surface area contributed by atoms with Crippen molar-refractivity contribution in [2.75, 3.05) is 10.2 Å². The maximum atomic E-state index is 14.1. The molecule has 2 aliphatic heterocycles. The standard InChI is InChI=1S/C33H32N4O6S3/c1-18-5-13-22(14-6-18)37-29(39)26-25(19-7-9-20(10-8-19)33(2,3)4)28-31(44-27(26)30(37)40)36(32(41)45-28)17-24(38)35-21-11-15-23(16-12-21)46(34,42)43/h5-16,25-27H,17H2,1-4H3,(H,35,38)(H2,34,42,43)/t25-,26+,27-/m0/s1. The van der Waals surface area contributed by atoms with Crippen molar-refractivity contribution in [2.24, 2.45) is 11.1 Å². The molecule has 3 heterocycles. The Labute approximate surface area is 274 Å². The maximum Gasteiger partial charge on any atom is 0.308 e. The monoisotopic (exact) mass is 676 g/mol. The summed E-state index contributed by atoms with van der Waals surface area (Å²) >= 11 is 2.13. The van der Waals surface area contributed by atoms with Crippen LogP contribution in [0, 0.1) is 12.8 Å². The summed E-state index contributed by atoms with van der Waals surface area (Å²) in [7, 11) is -3.90. The van der Waals surface area contributed by atoms with Gasteiger partial charge in [0.25, 0.3) is 0 Å². The molecule has 0 aliphatic carbocycles. The number of fused-ring (bicyclic) bond motifs is 2. The van der Waals surface area contributed by atoms with Crippen LogP contribution in [0.5, 0.6) is 0 Å². The number of carbonyl (C=O) groups is 3. The molecule has 2 aliphatic rings. The fourth-order valence-electron chi connectivity index (χ4n) is 5.83. The van der Waals surface area contributed by atoms with Crippen LogP contribution in [0.15, 0.2) is 87.5 Å². The van der Waals surface area contributed by atoms with Crippen molar-refractivity contribution in [3.8, 4) is 0 Å². The number of hydrogen-bond acceptors (Lipinski definition) is 8. The van der Waals surface area contributed by atoms with Crippen LogP contribution in [0.2, 0.25) is 0 Å². The molecule has 0 spiro atoms. The summed E-state index contributed by atoms with van der Waals surface area (Å²) in [5, 5.41) is 7.52. The lowest BCUT2D eigenvalue weighted by atomic mass is 9.81. The Morgan fingerprint density at radius 2 is 1.54 bits per heavy atom. The van der Waals surface area contributed by atoms with E-state index in [1.54, 1.807) is 12.1 Å². The van der Waals surface area contributed by atoms with Gasteiger partial charge in [-0.3, -0.25) is 23.7 Å². The van der Waals surface area contributed by atoms with E-state index in [2.05, 4.69) is 26.1 Å². The molecule has 0 unspecified atom stereocenters. The lowest BCUT2D eigenvalue weighted by Gasteiger charge is -2.31. The third-order valence-corrected chi connectivity index (χ3v) is 11.8. The SMILES string of the molecule is Cc1ccc(N2C(=O)[C@@H]3[C@H](c4ccc(C(C)(C)C)cc4)c4sc(=O)n(CC(=O)Nc5ccc(S(N)(=O)=O)cc5)c4S[C@@H]3C2=O)cc1. The molecule has 0 saturated carbocycles. The van der Waals surface area contributed by atoms with Crippen LogP contribution >= 0.6 is 23.1 Å². The van der Waals surface area contributed by atoms with Crippen LogP contribution in [0.4, 0.5) is 11.4 Å². The van der Waals surface area contributed by atoms with Crippen LogP contribution in [-0.4, -0.2) is 36.0 Å². The number of imide groups is 1.